The molecule has 0 bridgehead atoms. The molecule has 0 aromatic heterocycles. The Morgan fingerprint density at radius 3 is 2.50 bits per heavy atom. The highest BCUT2D eigenvalue weighted by Crippen LogP contribution is 2.41. The van der Waals surface area contributed by atoms with Gasteiger partial charge in [0, 0.05) is 17.7 Å². The van der Waals surface area contributed by atoms with Crippen molar-refractivity contribution in [1.82, 2.24) is 4.72 Å². The van der Waals surface area contributed by atoms with E-state index < -0.39 is 21.7 Å². The van der Waals surface area contributed by atoms with E-state index in [1.54, 1.807) is 18.2 Å². The highest BCUT2D eigenvalue weighted by molar-refractivity contribution is 7.89. The molecule has 1 aliphatic heterocycles. The fourth-order valence-corrected chi connectivity index (χ4v) is 4.16. The van der Waals surface area contributed by atoms with Gasteiger partial charge >= 0.3 is 0 Å². The lowest BCUT2D eigenvalue weighted by atomic mass is 9.90. The molecule has 1 aliphatic rings. The standard InChI is InChI=1S/C18H19N3O3S.ClH/c1-18(2)10-16(15-9-13(20)5-8-17(15)24-18)21-25(22,23)14-6-3-12(11-19)4-7-14;/h3-9,16,21H,10,20H2,1-2H3;1H. The molecule has 0 spiro atoms. The topological polar surface area (TPSA) is 105 Å². The summed E-state index contributed by atoms with van der Waals surface area (Å²) in [5.41, 5.74) is 7.01. The molecule has 3 N–H and O–H groups in total. The average molecular weight is 394 g/mol. The normalized spacial score (nSPS) is 18.0. The predicted octanol–water partition coefficient (Wildman–Crippen LogP) is 3.14. The number of benzene rings is 2. The van der Waals surface area contributed by atoms with Gasteiger partial charge in [0.1, 0.15) is 11.4 Å². The Morgan fingerprint density at radius 2 is 1.88 bits per heavy atom. The van der Waals surface area contributed by atoms with Crippen molar-refractivity contribution in [3.8, 4) is 11.8 Å². The van der Waals surface area contributed by atoms with Gasteiger partial charge in [-0.15, -0.1) is 12.4 Å². The SMILES string of the molecule is CC1(C)CC(NS(=O)(=O)c2ccc(C#N)cc2)c2cc(N)ccc2O1.Cl. The molecule has 0 saturated carbocycles. The van der Waals surface area contributed by atoms with Gasteiger partial charge in [0.15, 0.2) is 0 Å². The number of halogens is 1. The maximum absolute atomic E-state index is 12.7. The lowest BCUT2D eigenvalue weighted by molar-refractivity contribution is 0.0702. The second kappa shape index (κ2) is 7.16. The molecule has 26 heavy (non-hydrogen) atoms. The number of rotatable bonds is 3. The van der Waals surface area contributed by atoms with Crippen molar-refractivity contribution in [2.45, 2.75) is 36.8 Å². The second-order valence-corrected chi connectivity index (χ2v) is 8.39. The Morgan fingerprint density at radius 1 is 1.23 bits per heavy atom. The summed E-state index contributed by atoms with van der Waals surface area (Å²) in [4.78, 5) is 0.112. The van der Waals surface area contributed by atoms with Crippen LogP contribution in [0.5, 0.6) is 5.75 Å². The number of ether oxygens (including phenoxy) is 1. The maximum Gasteiger partial charge on any atom is 0.241 e. The molecular weight excluding hydrogens is 374 g/mol. The number of hydrogen-bond donors (Lipinski definition) is 2. The van der Waals surface area contributed by atoms with E-state index in [0.717, 1.165) is 5.56 Å². The summed E-state index contributed by atoms with van der Waals surface area (Å²) < 4.78 is 34.1. The number of nitrogens with zero attached hydrogens (tertiary/aromatic N) is 1. The molecule has 0 saturated heterocycles. The van der Waals surface area contributed by atoms with Crippen LogP contribution >= 0.6 is 12.4 Å². The van der Waals surface area contributed by atoms with Crippen molar-refractivity contribution in [2.75, 3.05) is 5.73 Å². The minimum Gasteiger partial charge on any atom is -0.487 e. The van der Waals surface area contributed by atoms with Crippen LogP contribution in [0.15, 0.2) is 47.4 Å². The van der Waals surface area contributed by atoms with Gasteiger partial charge in [0.05, 0.1) is 22.6 Å². The Kier molecular flexibility index (Phi) is 5.52. The first-order valence-corrected chi connectivity index (χ1v) is 9.29. The lowest BCUT2D eigenvalue weighted by Crippen LogP contribution is -2.41. The van der Waals surface area contributed by atoms with Crippen molar-refractivity contribution < 1.29 is 13.2 Å². The van der Waals surface area contributed by atoms with E-state index in [1.165, 1.54) is 24.3 Å². The molecular formula is C18H20ClN3O3S. The number of sulfonamides is 1. The smallest absolute Gasteiger partial charge is 0.241 e. The lowest BCUT2D eigenvalue weighted by Gasteiger charge is -2.37. The van der Waals surface area contributed by atoms with Crippen molar-refractivity contribution in [1.29, 1.82) is 5.26 Å². The van der Waals surface area contributed by atoms with Gasteiger partial charge in [-0.1, -0.05) is 0 Å². The van der Waals surface area contributed by atoms with Crippen LogP contribution < -0.4 is 15.2 Å². The van der Waals surface area contributed by atoms with Gasteiger partial charge in [-0.05, 0) is 56.3 Å². The van der Waals surface area contributed by atoms with E-state index >= 15 is 0 Å². The van der Waals surface area contributed by atoms with Gasteiger partial charge < -0.3 is 10.5 Å². The third-order valence-corrected chi connectivity index (χ3v) is 5.57. The molecule has 1 unspecified atom stereocenters. The summed E-state index contributed by atoms with van der Waals surface area (Å²) >= 11 is 0. The molecule has 0 radical (unpaired) electrons. The first-order chi connectivity index (χ1) is 11.7. The monoisotopic (exact) mass is 393 g/mol. The fourth-order valence-electron chi connectivity index (χ4n) is 2.94. The summed E-state index contributed by atoms with van der Waals surface area (Å²) in [5, 5.41) is 8.84. The number of fused-ring (bicyclic) bond motifs is 1. The van der Waals surface area contributed by atoms with Crippen LogP contribution in [0.4, 0.5) is 5.69 Å². The van der Waals surface area contributed by atoms with Crippen LogP contribution in [0.25, 0.3) is 0 Å². The van der Waals surface area contributed by atoms with Gasteiger partial charge in [0.25, 0.3) is 0 Å². The van der Waals surface area contributed by atoms with E-state index in [0.29, 0.717) is 23.4 Å². The Hall–Kier alpha value is -2.27. The minimum atomic E-state index is -3.75. The van der Waals surface area contributed by atoms with Crippen LogP contribution in [0, 0.1) is 11.3 Å². The largest absolute Gasteiger partial charge is 0.487 e. The Balaban J connectivity index is 0.00000243. The third kappa shape index (κ3) is 4.10. The molecule has 0 aliphatic carbocycles. The van der Waals surface area contributed by atoms with Gasteiger partial charge in [-0.2, -0.15) is 5.26 Å². The summed E-state index contributed by atoms with van der Waals surface area (Å²) in [6, 6.07) is 12.5. The molecule has 8 heteroatoms. The van der Waals surface area contributed by atoms with Gasteiger partial charge in [0.2, 0.25) is 10.0 Å². The van der Waals surface area contributed by atoms with Crippen LogP contribution in [-0.2, 0) is 10.0 Å². The number of hydrogen-bond acceptors (Lipinski definition) is 5. The Labute approximate surface area is 159 Å². The Bertz CT molecular complexity index is 951. The third-order valence-electron chi connectivity index (χ3n) is 4.08. The fraction of sp³-hybridized carbons (Fsp3) is 0.278. The van der Waals surface area contributed by atoms with Crippen LogP contribution in [-0.4, -0.2) is 14.0 Å². The van der Waals surface area contributed by atoms with E-state index in [-0.39, 0.29) is 17.3 Å². The van der Waals surface area contributed by atoms with Crippen molar-refractivity contribution in [3.63, 3.8) is 0 Å². The molecule has 0 amide bonds. The molecule has 0 fully saturated rings. The zero-order valence-electron chi connectivity index (χ0n) is 14.4. The van der Waals surface area contributed by atoms with Gasteiger partial charge in [-0.25, -0.2) is 13.1 Å². The molecule has 138 valence electrons. The van der Waals surface area contributed by atoms with E-state index in [9.17, 15) is 8.42 Å². The first kappa shape index (κ1) is 20.0. The summed E-state index contributed by atoms with van der Waals surface area (Å²) in [6.07, 6.45) is 0.471. The molecule has 6 nitrogen and oxygen atoms in total. The van der Waals surface area contributed by atoms with E-state index in [4.69, 9.17) is 15.7 Å². The van der Waals surface area contributed by atoms with Crippen molar-refractivity contribution in [3.05, 3.63) is 53.6 Å². The molecule has 1 heterocycles. The number of anilines is 1. The quantitative estimate of drug-likeness (QED) is 0.779. The zero-order chi connectivity index (χ0) is 18.2. The molecule has 3 rings (SSSR count). The van der Waals surface area contributed by atoms with E-state index in [1.807, 2.05) is 19.9 Å². The zero-order valence-corrected chi connectivity index (χ0v) is 16.0. The number of nitrogens with one attached hydrogen (secondary N) is 1. The predicted molar refractivity (Wildman–Crippen MR) is 102 cm³/mol. The summed E-state index contributed by atoms with van der Waals surface area (Å²) in [6.45, 7) is 3.82. The maximum atomic E-state index is 12.7. The summed E-state index contributed by atoms with van der Waals surface area (Å²) in [5.74, 6) is 0.623. The van der Waals surface area contributed by atoms with Crippen LogP contribution in [0.2, 0.25) is 0 Å². The van der Waals surface area contributed by atoms with Gasteiger partial charge in [-0.3, -0.25) is 0 Å². The first-order valence-electron chi connectivity index (χ1n) is 7.81. The van der Waals surface area contributed by atoms with Crippen LogP contribution in [0.1, 0.15) is 37.4 Å². The number of nitrogens with two attached hydrogens (primary N) is 1. The van der Waals surface area contributed by atoms with Crippen LogP contribution in [0.3, 0.4) is 0 Å². The second-order valence-electron chi connectivity index (χ2n) is 6.67. The summed E-state index contributed by atoms with van der Waals surface area (Å²) in [7, 11) is -3.75. The highest BCUT2D eigenvalue weighted by Gasteiger charge is 2.36. The van der Waals surface area contributed by atoms with E-state index in [2.05, 4.69) is 4.72 Å². The molecule has 2 aromatic carbocycles. The van der Waals surface area contributed by atoms with Crippen molar-refractivity contribution in [2.24, 2.45) is 0 Å². The average Bonchev–Trinajstić information content (AvgIpc) is 2.54. The van der Waals surface area contributed by atoms with Crippen molar-refractivity contribution >= 4 is 28.1 Å². The highest BCUT2D eigenvalue weighted by atomic mass is 35.5. The molecule has 1 atom stereocenters. The number of nitrogen functional groups attached to an aromatic ring is 1. The number of nitriles is 1. The molecule has 2 aromatic rings. The minimum absolute atomic E-state index is 0.